The second-order valence-electron chi connectivity index (χ2n) is 4.22. The first-order chi connectivity index (χ1) is 7.27. The molecule has 0 unspecified atom stereocenters. The lowest BCUT2D eigenvalue weighted by Gasteiger charge is -2.07. The van der Waals surface area contributed by atoms with E-state index >= 15 is 0 Å². The molecule has 1 saturated carbocycles. The number of nitrogens with one attached hydrogen (secondary N) is 1. The minimum atomic E-state index is -0.323. The van der Waals surface area contributed by atoms with E-state index in [-0.39, 0.29) is 11.5 Å². The van der Waals surface area contributed by atoms with Crippen LogP contribution in [0.15, 0.2) is 18.2 Å². The van der Waals surface area contributed by atoms with Gasteiger partial charge in [-0.05, 0) is 30.5 Å². The molecule has 0 aromatic heterocycles. The topological polar surface area (TPSA) is 38.0 Å². The Morgan fingerprint density at radius 1 is 1.40 bits per heavy atom. The fraction of sp³-hybridized carbons (Fsp3) is 0.500. The van der Waals surface area contributed by atoms with Gasteiger partial charge in [-0.1, -0.05) is 25.0 Å². The zero-order chi connectivity index (χ0) is 10.7. The Hall–Kier alpha value is -1.09. The third-order valence-corrected chi connectivity index (χ3v) is 2.88. The first kappa shape index (κ1) is 10.4. The molecule has 0 bridgehead atoms. The van der Waals surface area contributed by atoms with E-state index in [4.69, 9.17) is 5.73 Å². The average molecular weight is 208 g/mol. The number of nitrogens with two attached hydrogens (primary N) is 1. The van der Waals surface area contributed by atoms with E-state index in [0.717, 1.165) is 18.0 Å². The van der Waals surface area contributed by atoms with Crippen LogP contribution in [0.3, 0.4) is 0 Å². The maximum atomic E-state index is 13.1. The van der Waals surface area contributed by atoms with Crippen LogP contribution in [0.25, 0.3) is 0 Å². The van der Waals surface area contributed by atoms with Crippen LogP contribution in [0.4, 0.5) is 10.1 Å². The van der Waals surface area contributed by atoms with Gasteiger partial charge in [0.25, 0.3) is 0 Å². The number of rotatable bonds is 5. The summed E-state index contributed by atoms with van der Waals surface area (Å²) in [7, 11) is 0. The van der Waals surface area contributed by atoms with Crippen LogP contribution in [0.2, 0.25) is 0 Å². The van der Waals surface area contributed by atoms with Gasteiger partial charge >= 0.3 is 0 Å². The van der Waals surface area contributed by atoms with Crippen molar-refractivity contribution in [3.8, 4) is 0 Å². The van der Waals surface area contributed by atoms with Crippen molar-refractivity contribution in [2.45, 2.75) is 25.8 Å². The van der Waals surface area contributed by atoms with Crippen LogP contribution in [0.5, 0.6) is 0 Å². The van der Waals surface area contributed by atoms with Gasteiger partial charge in [0.2, 0.25) is 0 Å². The standard InChI is InChI=1S/C12H17FN2/c13-11-3-1-2-10(12(11)14)8-15-7-6-9-4-5-9/h1-3,9,15H,4-8,14H2. The highest BCUT2D eigenvalue weighted by atomic mass is 19.1. The van der Waals surface area contributed by atoms with Gasteiger partial charge in [-0.15, -0.1) is 0 Å². The van der Waals surface area contributed by atoms with E-state index in [9.17, 15) is 4.39 Å². The lowest BCUT2D eigenvalue weighted by Crippen LogP contribution is -2.16. The summed E-state index contributed by atoms with van der Waals surface area (Å²) in [6.45, 7) is 1.66. The average Bonchev–Trinajstić information content (AvgIpc) is 3.02. The minimum absolute atomic E-state index is 0.274. The van der Waals surface area contributed by atoms with Crippen molar-refractivity contribution < 1.29 is 4.39 Å². The van der Waals surface area contributed by atoms with Gasteiger partial charge in [0, 0.05) is 6.54 Å². The zero-order valence-electron chi connectivity index (χ0n) is 8.80. The molecule has 1 aromatic carbocycles. The molecule has 1 fully saturated rings. The first-order valence-electron chi connectivity index (χ1n) is 5.51. The molecule has 15 heavy (non-hydrogen) atoms. The number of para-hydroxylation sites is 1. The summed E-state index contributed by atoms with van der Waals surface area (Å²) in [5.41, 5.74) is 6.75. The molecule has 3 heteroatoms. The summed E-state index contributed by atoms with van der Waals surface area (Å²) in [6, 6.07) is 4.95. The number of nitrogen functional groups attached to an aromatic ring is 1. The maximum absolute atomic E-state index is 13.1. The fourth-order valence-electron chi connectivity index (χ4n) is 1.67. The van der Waals surface area contributed by atoms with Crippen molar-refractivity contribution in [2.24, 2.45) is 5.92 Å². The molecule has 0 aliphatic heterocycles. The SMILES string of the molecule is Nc1c(F)cccc1CNCCC1CC1. The van der Waals surface area contributed by atoms with Gasteiger partial charge in [0.15, 0.2) is 0 Å². The maximum Gasteiger partial charge on any atom is 0.146 e. The Balaban J connectivity index is 1.78. The van der Waals surface area contributed by atoms with Crippen molar-refractivity contribution in [3.63, 3.8) is 0 Å². The summed E-state index contributed by atoms with van der Waals surface area (Å²) < 4.78 is 13.1. The highest BCUT2D eigenvalue weighted by Gasteiger charge is 2.19. The molecule has 0 saturated heterocycles. The Labute approximate surface area is 89.7 Å². The number of hydrogen-bond donors (Lipinski definition) is 2. The third-order valence-electron chi connectivity index (χ3n) is 2.88. The van der Waals surface area contributed by atoms with E-state index < -0.39 is 0 Å². The molecule has 82 valence electrons. The summed E-state index contributed by atoms with van der Waals surface area (Å²) >= 11 is 0. The van der Waals surface area contributed by atoms with Crippen LogP contribution in [-0.2, 0) is 6.54 Å². The van der Waals surface area contributed by atoms with Crippen LogP contribution in [0.1, 0.15) is 24.8 Å². The third kappa shape index (κ3) is 2.93. The lowest BCUT2D eigenvalue weighted by atomic mass is 10.1. The van der Waals surface area contributed by atoms with E-state index in [0.29, 0.717) is 6.54 Å². The predicted octanol–water partition coefficient (Wildman–Crippen LogP) is 2.30. The molecule has 0 radical (unpaired) electrons. The van der Waals surface area contributed by atoms with E-state index in [1.165, 1.54) is 25.3 Å². The molecule has 0 amide bonds. The van der Waals surface area contributed by atoms with Crippen molar-refractivity contribution in [2.75, 3.05) is 12.3 Å². The second kappa shape index (κ2) is 4.62. The van der Waals surface area contributed by atoms with E-state index in [2.05, 4.69) is 5.32 Å². The van der Waals surface area contributed by atoms with E-state index in [1.54, 1.807) is 6.07 Å². The first-order valence-corrected chi connectivity index (χ1v) is 5.51. The largest absolute Gasteiger partial charge is 0.396 e. The molecule has 3 N–H and O–H groups in total. The molecule has 1 aliphatic carbocycles. The smallest absolute Gasteiger partial charge is 0.146 e. The van der Waals surface area contributed by atoms with Crippen molar-refractivity contribution >= 4 is 5.69 Å². The molecule has 0 atom stereocenters. The molecule has 0 spiro atoms. The Morgan fingerprint density at radius 3 is 2.93 bits per heavy atom. The monoisotopic (exact) mass is 208 g/mol. The highest BCUT2D eigenvalue weighted by molar-refractivity contribution is 5.47. The Bertz CT molecular complexity index is 334. The molecule has 0 heterocycles. The van der Waals surface area contributed by atoms with Crippen LogP contribution >= 0.6 is 0 Å². The van der Waals surface area contributed by atoms with Crippen LogP contribution in [0, 0.1) is 11.7 Å². The normalized spacial score (nSPS) is 15.5. The fourth-order valence-corrected chi connectivity index (χ4v) is 1.67. The molecule has 1 aromatic rings. The minimum Gasteiger partial charge on any atom is -0.396 e. The Morgan fingerprint density at radius 2 is 2.20 bits per heavy atom. The van der Waals surface area contributed by atoms with Gasteiger partial charge in [0.1, 0.15) is 5.82 Å². The summed E-state index contributed by atoms with van der Waals surface area (Å²) in [5, 5.41) is 3.29. The Kier molecular flexibility index (Phi) is 3.21. The predicted molar refractivity (Wildman–Crippen MR) is 59.9 cm³/mol. The summed E-state index contributed by atoms with van der Waals surface area (Å²) in [6.07, 6.45) is 3.99. The molecule has 2 nitrogen and oxygen atoms in total. The highest BCUT2D eigenvalue weighted by Crippen LogP contribution is 2.31. The summed E-state index contributed by atoms with van der Waals surface area (Å²) in [5.74, 6) is 0.610. The quantitative estimate of drug-likeness (QED) is 0.575. The van der Waals surface area contributed by atoms with E-state index in [1.807, 2.05) is 6.07 Å². The van der Waals surface area contributed by atoms with Gasteiger partial charge in [0.05, 0.1) is 5.69 Å². The number of hydrogen-bond acceptors (Lipinski definition) is 2. The van der Waals surface area contributed by atoms with Crippen molar-refractivity contribution in [1.29, 1.82) is 0 Å². The van der Waals surface area contributed by atoms with Crippen molar-refractivity contribution in [3.05, 3.63) is 29.6 Å². The number of halogens is 1. The van der Waals surface area contributed by atoms with Crippen LogP contribution in [-0.4, -0.2) is 6.54 Å². The van der Waals surface area contributed by atoms with Crippen LogP contribution < -0.4 is 11.1 Å². The second-order valence-corrected chi connectivity index (χ2v) is 4.22. The van der Waals surface area contributed by atoms with Gasteiger partial charge in [-0.25, -0.2) is 4.39 Å². The number of anilines is 1. The molecule has 2 rings (SSSR count). The summed E-state index contributed by atoms with van der Waals surface area (Å²) in [4.78, 5) is 0. The zero-order valence-corrected chi connectivity index (χ0v) is 8.80. The molecular formula is C12H17FN2. The van der Waals surface area contributed by atoms with Gasteiger partial charge in [-0.3, -0.25) is 0 Å². The van der Waals surface area contributed by atoms with Crippen molar-refractivity contribution in [1.82, 2.24) is 5.32 Å². The molecular weight excluding hydrogens is 191 g/mol. The number of benzene rings is 1. The molecule has 1 aliphatic rings. The van der Waals surface area contributed by atoms with Gasteiger partial charge in [-0.2, -0.15) is 0 Å². The lowest BCUT2D eigenvalue weighted by molar-refractivity contribution is 0.605. The van der Waals surface area contributed by atoms with Gasteiger partial charge < -0.3 is 11.1 Å².